The van der Waals surface area contributed by atoms with Gasteiger partial charge in [0.05, 0.1) is 5.92 Å². The van der Waals surface area contributed by atoms with Crippen LogP contribution in [0.4, 0.5) is 11.4 Å². The lowest BCUT2D eigenvalue weighted by Gasteiger charge is -2.17. The molecule has 2 fully saturated rings. The van der Waals surface area contributed by atoms with E-state index in [1.54, 1.807) is 4.90 Å². The normalized spacial score (nSPS) is 24.7. The van der Waals surface area contributed by atoms with Crippen LogP contribution in [-0.2, 0) is 9.59 Å². The molecule has 1 saturated carbocycles. The molecule has 0 unspecified atom stereocenters. The fourth-order valence-corrected chi connectivity index (χ4v) is 3.74. The molecule has 1 aliphatic heterocycles. The molecule has 3 rings (SSSR count). The molecule has 2 atom stereocenters. The zero-order chi connectivity index (χ0) is 17.5. The molecule has 128 valence electrons. The van der Waals surface area contributed by atoms with Gasteiger partial charge in [-0.2, -0.15) is 0 Å². The Bertz CT molecular complexity index is 701. The van der Waals surface area contributed by atoms with Gasteiger partial charge in [0.1, 0.15) is 0 Å². The van der Waals surface area contributed by atoms with E-state index in [1.807, 2.05) is 24.3 Å². The molecule has 1 N–H and O–H groups in total. The van der Waals surface area contributed by atoms with Gasteiger partial charge in [-0.1, -0.05) is 31.6 Å². The number of benzene rings is 1. The molecule has 4 nitrogen and oxygen atoms in total. The number of hydrogen-bond donors (Lipinski definition) is 1. The SMILES string of the molecule is CC(C)=C[C@@H]1[C@@H](C(=O)Nc2cccc(N3CCCC3=O)c2)C1(C)C. The number of rotatable bonds is 4. The number of carbonyl (C=O) groups is 2. The third kappa shape index (κ3) is 3.10. The second kappa shape index (κ2) is 6.08. The van der Waals surface area contributed by atoms with Crippen molar-refractivity contribution in [2.75, 3.05) is 16.8 Å². The van der Waals surface area contributed by atoms with Crippen LogP contribution in [0.2, 0.25) is 0 Å². The summed E-state index contributed by atoms with van der Waals surface area (Å²) in [6.45, 7) is 9.18. The Morgan fingerprint density at radius 2 is 2.08 bits per heavy atom. The quantitative estimate of drug-likeness (QED) is 0.851. The summed E-state index contributed by atoms with van der Waals surface area (Å²) in [6, 6.07) is 7.59. The van der Waals surface area contributed by atoms with E-state index in [-0.39, 0.29) is 23.1 Å². The number of amides is 2. The van der Waals surface area contributed by atoms with Crippen molar-refractivity contribution >= 4 is 23.2 Å². The maximum atomic E-state index is 12.7. The number of anilines is 2. The summed E-state index contributed by atoms with van der Waals surface area (Å²) in [5.41, 5.74) is 2.88. The molecule has 1 aromatic rings. The van der Waals surface area contributed by atoms with Gasteiger partial charge < -0.3 is 10.2 Å². The van der Waals surface area contributed by atoms with Crippen molar-refractivity contribution in [3.05, 3.63) is 35.9 Å². The summed E-state index contributed by atoms with van der Waals surface area (Å²) in [6.07, 6.45) is 3.71. The molecular weight excluding hydrogens is 300 g/mol. The Labute approximate surface area is 143 Å². The molecule has 1 heterocycles. The van der Waals surface area contributed by atoms with Crippen LogP contribution in [0.15, 0.2) is 35.9 Å². The van der Waals surface area contributed by atoms with Gasteiger partial charge in [0.15, 0.2) is 0 Å². The van der Waals surface area contributed by atoms with Crippen molar-refractivity contribution in [3.8, 4) is 0 Å². The first-order chi connectivity index (χ1) is 11.3. The average molecular weight is 326 g/mol. The zero-order valence-electron chi connectivity index (χ0n) is 14.9. The molecule has 0 bridgehead atoms. The second-order valence-electron chi connectivity index (χ2n) is 7.76. The molecule has 4 heteroatoms. The number of nitrogens with one attached hydrogen (secondary N) is 1. The maximum absolute atomic E-state index is 12.7. The van der Waals surface area contributed by atoms with Gasteiger partial charge in [-0.15, -0.1) is 0 Å². The first kappa shape index (κ1) is 16.7. The highest BCUT2D eigenvalue weighted by atomic mass is 16.2. The standard InChI is InChI=1S/C20H26N2O2/c1-13(2)11-16-18(20(16,3)4)19(24)21-14-7-5-8-15(12-14)22-10-6-9-17(22)23/h5,7-8,11-12,16,18H,6,9-10H2,1-4H3,(H,21,24)/t16-,18+/m1/s1. The second-order valence-corrected chi connectivity index (χ2v) is 7.76. The Morgan fingerprint density at radius 3 is 2.71 bits per heavy atom. The summed E-state index contributed by atoms with van der Waals surface area (Å²) >= 11 is 0. The van der Waals surface area contributed by atoms with E-state index in [4.69, 9.17) is 0 Å². The molecule has 2 amide bonds. The smallest absolute Gasteiger partial charge is 0.228 e. The summed E-state index contributed by atoms with van der Waals surface area (Å²) in [5, 5.41) is 3.04. The molecule has 1 aromatic carbocycles. The van der Waals surface area contributed by atoms with Gasteiger partial charge in [-0.25, -0.2) is 0 Å². The fraction of sp³-hybridized carbons (Fsp3) is 0.500. The largest absolute Gasteiger partial charge is 0.326 e. The zero-order valence-corrected chi connectivity index (χ0v) is 14.9. The van der Waals surface area contributed by atoms with Crippen LogP contribution in [0, 0.1) is 17.3 Å². The predicted molar refractivity (Wildman–Crippen MR) is 96.9 cm³/mol. The highest BCUT2D eigenvalue weighted by Gasteiger charge is 2.60. The van der Waals surface area contributed by atoms with Crippen molar-refractivity contribution in [1.82, 2.24) is 0 Å². The van der Waals surface area contributed by atoms with Crippen LogP contribution in [0.1, 0.15) is 40.5 Å². The van der Waals surface area contributed by atoms with E-state index in [9.17, 15) is 9.59 Å². The summed E-state index contributed by atoms with van der Waals surface area (Å²) in [4.78, 5) is 26.3. The van der Waals surface area contributed by atoms with Crippen molar-refractivity contribution in [2.45, 2.75) is 40.5 Å². The average Bonchev–Trinajstić information content (AvgIpc) is 2.82. The van der Waals surface area contributed by atoms with E-state index in [0.717, 1.165) is 24.3 Å². The van der Waals surface area contributed by atoms with Crippen LogP contribution < -0.4 is 10.2 Å². The van der Waals surface area contributed by atoms with Gasteiger partial charge in [0.25, 0.3) is 0 Å². The number of hydrogen-bond acceptors (Lipinski definition) is 2. The Morgan fingerprint density at radius 1 is 1.33 bits per heavy atom. The van der Waals surface area contributed by atoms with E-state index in [1.165, 1.54) is 5.57 Å². The fourth-order valence-electron chi connectivity index (χ4n) is 3.74. The minimum absolute atomic E-state index is 0.00385. The summed E-state index contributed by atoms with van der Waals surface area (Å²) in [7, 11) is 0. The van der Waals surface area contributed by atoms with Crippen LogP contribution in [0.3, 0.4) is 0 Å². The number of carbonyl (C=O) groups excluding carboxylic acids is 2. The van der Waals surface area contributed by atoms with Gasteiger partial charge in [-0.3, -0.25) is 9.59 Å². The molecule has 24 heavy (non-hydrogen) atoms. The van der Waals surface area contributed by atoms with Crippen LogP contribution in [0.25, 0.3) is 0 Å². The molecule has 0 radical (unpaired) electrons. The predicted octanol–water partition coefficient (Wildman–Crippen LogP) is 3.99. The lowest BCUT2D eigenvalue weighted by molar-refractivity contribution is -0.118. The third-order valence-corrected chi connectivity index (χ3v) is 5.20. The van der Waals surface area contributed by atoms with Crippen LogP contribution in [-0.4, -0.2) is 18.4 Å². The van der Waals surface area contributed by atoms with Crippen molar-refractivity contribution in [1.29, 1.82) is 0 Å². The Balaban J connectivity index is 1.72. The maximum Gasteiger partial charge on any atom is 0.228 e. The van der Waals surface area contributed by atoms with Crippen molar-refractivity contribution in [3.63, 3.8) is 0 Å². The van der Waals surface area contributed by atoms with Crippen LogP contribution >= 0.6 is 0 Å². The van der Waals surface area contributed by atoms with Crippen molar-refractivity contribution in [2.24, 2.45) is 17.3 Å². The molecule has 1 aliphatic carbocycles. The molecule has 0 aromatic heterocycles. The van der Waals surface area contributed by atoms with Gasteiger partial charge >= 0.3 is 0 Å². The number of nitrogens with zero attached hydrogens (tertiary/aromatic N) is 1. The third-order valence-electron chi connectivity index (χ3n) is 5.20. The minimum atomic E-state index is 0.00385. The van der Waals surface area contributed by atoms with Crippen molar-refractivity contribution < 1.29 is 9.59 Å². The molecule has 0 spiro atoms. The van der Waals surface area contributed by atoms with Gasteiger partial charge in [0.2, 0.25) is 11.8 Å². The summed E-state index contributed by atoms with van der Waals surface area (Å²) < 4.78 is 0. The van der Waals surface area contributed by atoms with E-state index in [0.29, 0.717) is 12.3 Å². The highest BCUT2D eigenvalue weighted by Crippen LogP contribution is 2.59. The monoisotopic (exact) mass is 326 g/mol. The van der Waals surface area contributed by atoms with Gasteiger partial charge in [-0.05, 0) is 49.8 Å². The number of allylic oxidation sites excluding steroid dienone is 2. The lowest BCUT2D eigenvalue weighted by atomic mass is 10.1. The first-order valence-corrected chi connectivity index (χ1v) is 8.67. The van der Waals surface area contributed by atoms with E-state index >= 15 is 0 Å². The van der Waals surface area contributed by atoms with E-state index in [2.05, 4.69) is 39.1 Å². The minimum Gasteiger partial charge on any atom is -0.326 e. The van der Waals surface area contributed by atoms with E-state index < -0.39 is 0 Å². The molecule has 1 saturated heterocycles. The van der Waals surface area contributed by atoms with Gasteiger partial charge in [0, 0.05) is 24.3 Å². The Hall–Kier alpha value is -2.10. The Kier molecular flexibility index (Phi) is 4.24. The summed E-state index contributed by atoms with van der Waals surface area (Å²) in [5.74, 6) is 0.521. The highest BCUT2D eigenvalue weighted by molar-refractivity contribution is 5.98. The molecule has 2 aliphatic rings. The van der Waals surface area contributed by atoms with Crippen LogP contribution in [0.5, 0.6) is 0 Å². The lowest BCUT2D eigenvalue weighted by Crippen LogP contribution is -2.24. The topological polar surface area (TPSA) is 49.4 Å². The molecular formula is C20H26N2O2. The first-order valence-electron chi connectivity index (χ1n) is 8.67.